The van der Waals surface area contributed by atoms with Gasteiger partial charge in [-0.2, -0.15) is 0 Å². The highest BCUT2D eigenvalue weighted by Gasteiger charge is 2.39. The van der Waals surface area contributed by atoms with Crippen LogP contribution in [0, 0.1) is 0 Å². The van der Waals surface area contributed by atoms with Crippen LogP contribution in [0.4, 0.5) is 0 Å². The molecule has 0 aliphatic heterocycles. The average Bonchev–Trinajstić information content (AvgIpc) is 2.18. The van der Waals surface area contributed by atoms with Crippen molar-refractivity contribution in [3.63, 3.8) is 0 Å². The van der Waals surface area contributed by atoms with Gasteiger partial charge in [-0.1, -0.05) is 0 Å². The number of nitrogens with two attached hydrogens (primary N) is 2. The van der Waals surface area contributed by atoms with Crippen LogP contribution in [-0.2, 0) is 14.3 Å². The first-order valence-electron chi connectivity index (χ1n) is 5.16. The van der Waals surface area contributed by atoms with E-state index in [0.717, 1.165) is 6.42 Å². The Morgan fingerprint density at radius 3 is 2.25 bits per heavy atom. The molecule has 0 aromatic carbocycles. The summed E-state index contributed by atoms with van der Waals surface area (Å²) in [5.41, 5.74) is 9.58. The first kappa shape index (κ1) is 17.7. The Kier molecular flexibility index (Phi) is 9.42. The molecule has 0 aliphatic rings. The van der Waals surface area contributed by atoms with Gasteiger partial charge in [-0.3, -0.25) is 4.79 Å². The van der Waals surface area contributed by atoms with Crippen molar-refractivity contribution in [3.05, 3.63) is 0 Å². The van der Waals surface area contributed by atoms with Crippen LogP contribution in [0.25, 0.3) is 0 Å². The molecule has 0 amide bonds. The Bertz CT molecular complexity index is 236. The molecule has 0 saturated carbocycles. The third kappa shape index (κ3) is 4.92. The van der Waals surface area contributed by atoms with Crippen molar-refractivity contribution in [1.82, 2.24) is 0 Å². The van der Waals surface area contributed by atoms with E-state index in [1.165, 1.54) is 6.92 Å². The molecule has 0 spiro atoms. The number of hydrogen-bond acceptors (Lipinski definition) is 5. The Morgan fingerprint density at radius 2 is 1.88 bits per heavy atom. The van der Waals surface area contributed by atoms with E-state index in [4.69, 9.17) is 16.2 Å². The lowest BCUT2D eigenvalue weighted by Crippen LogP contribution is -2.54. The van der Waals surface area contributed by atoms with Crippen LogP contribution in [0.5, 0.6) is 0 Å². The Balaban J connectivity index is 0. The summed E-state index contributed by atoms with van der Waals surface area (Å²) in [6.07, 6.45) is 1.68. The van der Waals surface area contributed by atoms with E-state index >= 15 is 0 Å². The van der Waals surface area contributed by atoms with Crippen LogP contribution in [0.2, 0.25) is 0 Å². The molecule has 16 heavy (non-hydrogen) atoms. The Hall–Kier alpha value is -0.650. The maximum atomic E-state index is 11.5. The average molecular weight is 253 g/mol. The number of carbonyl (C=O) groups excluding carboxylic acids is 2. The van der Waals surface area contributed by atoms with Gasteiger partial charge < -0.3 is 16.2 Å². The van der Waals surface area contributed by atoms with Crippen molar-refractivity contribution < 1.29 is 14.3 Å². The van der Waals surface area contributed by atoms with Gasteiger partial charge in [0.15, 0.2) is 11.3 Å². The lowest BCUT2D eigenvalue weighted by atomic mass is 9.90. The zero-order chi connectivity index (χ0) is 11.9. The molecule has 0 radical (unpaired) electrons. The van der Waals surface area contributed by atoms with Crippen molar-refractivity contribution in [2.24, 2.45) is 11.5 Å². The monoisotopic (exact) mass is 252 g/mol. The second-order valence-electron chi connectivity index (χ2n) is 3.49. The first-order valence-corrected chi connectivity index (χ1v) is 5.16. The maximum Gasteiger partial charge on any atom is 0.333 e. The SMILES string of the molecule is CCOC(=O)[C@@](N)(CCCCN)C(C)=O.Cl. The van der Waals surface area contributed by atoms with Crippen LogP contribution in [0.1, 0.15) is 33.1 Å². The summed E-state index contributed by atoms with van der Waals surface area (Å²) in [7, 11) is 0. The number of halogens is 1. The zero-order valence-corrected chi connectivity index (χ0v) is 10.6. The van der Waals surface area contributed by atoms with E-state index in [0.29, 0.717) is 19.4 Å². The number of hydrogen-bond donors (Lipinski definition) is 2. The molecule has 0 aliphatic carbocycles. The minimum atomic E-state index is -1.49. The molecule has 5 nitrogen and oxygen atoms in total. The van der Waals surface area contributed by atoms with Gasteiger partial charge in [0.2, 0.25) is 0 Å². The van der Waals surface area contributed by atoms with Crippen LogP contribution >= 0.6 is 12.4 Å². The predicted molar refractivity (Wildman–Crippen MR) is 64.4 cm³/mol. The molecule has 4 N–H and O–H groups in total. The zero-order valence-electron chi connectivity index (χ0n) is 9.82. The number of unbranched alkanes of at least 4 members (excludes halogenated alkanes) is 1. The number of Topliss-reactive ketones (excluding diaryl/α,β-unsaturated/α-hetero) is 1. The van der Waals surface area contributed by atoms with Gasteiger partial charge in [0.05, 0.1) is 6.61 Å². The lowest BCUT2D eigenvalue weighted by molar-refractivity contribution is -0.153. The fraction of sp³-hybridized carbons (Fsp3) is 0.800. The van der Waals surface area contributed by atoms with Crippen LogP contribution < -0.4 is 11.5 Å². The van der Waals surface area contributed by atoms with Gasteiger partial charge in [-0.15, -0.1) is 12.4 Å². The van der Waals surface area contributed by atoms with Gasteiger partial charge in [0.1, 0.15) is 0 Å². The highest BCUT2D eigenvalue weighted by atomic mass is 35.5. The van der Waals surface area contributed by atoms with E-state index in [9.17, 15) is 9.59 Å². The summed E-state index contributed by atoms with van der Waals surface area (Å²) in [6, 6.07) is 0. The number of carbonyl (C=O) groups is 2. The molecule has 0 aromatic heterocycles. The highest BCUT2D eigenvalue weighted by Crippen LogP contribution is 2.14. The van der Waals surface area contributed by atoms with Crippen molar-refractivity contribution in [2.45, 2.75) is 38.6 Å². The molecule has 0 rings (SSSR count). The smallest absolute Gasteiger partial charge is 0.333 e. The molecule has 0 aromatic rings. The summed E-state index contributed by atoms with van der Waals surface area (Å²) in [4.78, 5) is 22.8. The maximum absolute atomic E-state index is 11.5. The second-order valence-corrected chi connectivity index (χ2v) is 3.49. The predicted octanol–water partition coefficient (Wildman–Crippen LogP) is 0.387. The highest BCUT2D eigenvalue weighted by molar-refractivity contribution is 6.07. The summed E-state index contributed by atoms with van der Waals surface area (Å²) >= 11 is 0. The molecule has 0 heterocycles. The van der Waals surface area contributed by atoms with Crippen LogP contribution in [0.15, 0.2) is 0 Å². The minimum Gasteiger partial charge on any atom is -0.464 e. The quantitative estimate of drug-likeness (QED) is 0.388. The minimum absolute atomic E-state index is 0. The van der Waals surface area contributed by atoms with Gasteiger partial charge in [0.25, 0.3) is 0 Å². The third-order valence-corrected chi connectivity index (χ3v) is 2.29. The summed E-state index contributed by atoms with van der Waals surface area (Å²) < 4.78 is 4.78. The molecule has 6 heteroatoms. The summed E-state index contributed by atoms with van der Waals surface area (Å²) in [6.45, 7) is 3.73. The van der Waals surface area contributed by atoms with Crippen molar-refractivity contribution >= 4 is 24.2 Å². The Labute approximate surface area is 102 Å². The number of rotatable bonds is 7. The van der Waals surface area contributed by atoms with E-state index in [1.807, 2.05) is 0 Å². The van der Waals surface area contributed by atoms with Gasteiger partial charge >= 0.3 is 5.97 Å². The molecule has 0 unspecified atom stereocenters. The molecular weight excluding hydrogens is 232 g/mol. The van der Waals surface area contributed by atoms with Gasteiger partial charge in [-0.05, 0) is 39.7 Å². The third-order valence-electron chi connectivity index (χ3n) is 2.29. The number of esters is 1. The van der Waals surface area contributed by atoms with E-state index < -0.39 is 11.5 Å². The molecule has 0 saturated heterocycles. The number of ketones is 1. The van der Waals surface area contributed by atoms with Crippen molar-refractivity contribution in [1.29, 1.82) is 0 Å². The first-order chi connectivity index (χ1) is 6.99. The Morgan fingerprint density at radius 1 is 1.31 bits per heavy atom. The largest absolute Gasteiger partial charge is 0.464 e. The van der Waals surface area contributed by atoms with Crippen molar-refractivity contribution in [3.8, 4) is 0 Å². The van der Waals surface area contributed by atoms with Crippen LogP contribution in [0.3, 0.4) is 0 Å². The van der Waals surface area contributed by atoms with E-state index in [1.54, 1.807) is 6.92 Å². The molecule has 1 atom stereocenters. The van der Waals surface area contributed by atoms with E-state index in [2.05, 4.69) is 0 Å². The van der Waals surface area contributed by atoms with Crippen molar-refractivity contribution in [2.75, 3.05) is 13.2 Å². The molecule has 0 bridgehead atoms. The van der Waals surface area contributed by atoms with Gasteiger partial charge in [-0.25, -0.2) is 4.79 Å². The van der Waals surface area contributed by atoms with Gasteiger partial charge in [0, 0.05) is 0 Å². The normalized spacial score (nSPS) is 13.5. The fourth-order valence-corrected chi connectivity index (χ4v) is 1.23. The molecular formula is C10H21ClN2O3. The topological polar surface area (TPSA) is 95.4 Å². The van der Waals surface area contributed by atoms with Crippen LogP contribution in [-0.4, -0.2) is 30.4 Å². The van der Waals surface area contributed by atoms with E-state index in [-0.39, 0.29) is 24.8 Å². The summed E-state index contributed by atoms with van der Waals surface area (Å²) in [5, 5.41) is 0. The number of ether oxygens (including phenoxy) is 1. The molecule has 0 fully saturated rings. The second kappa shape index (κ2) is 8.50. The lowest BCUT2D eigenvalue weighted by Gasteiger charge is -2.23. The summed E-state index contributed by atoms with van der Waals surface area (Å²) in [5.74, 6) is -1.01. The molecule has 96 valence electrons. The fourth-order valence-electron chi connectivity index (χ4n) is 1.23. The standard InChI is InChI=1S/C10H20N2O3.ClH/c1-3-15-9(14)10(12,8(2)13)6-4-5-7-11;/h3-7,11-12H2,1-2H3;1H/t10-;/m1./s1.